The van der Waals surface area contributed by atoms with Crippen molar-refractivity contribution in [1.29, 1.82) is 0 Å². The van der Waals surface area contributed by atoms with Crippen LogP contribution < -0.4 is 5.32 Å². The van der Waals surface area contributed by atoms with E-state index in [-0.39, 0.29) is 12.1 Å². The highest BCUT2D eigenvalue weighted by Crippen LogP contribution is 2.26. The number of esters is 1. The molecule has 2 atom stereocenters. The van der Waals surface area contributed by atoms with Crippen molar-refractivity contribution in [2.24, 2.45) is 0 Å². The molecule has 19 heavy (non-hydrogen) atoms. The molecule has 2 unspecified atom stereocenters. The topological polar surface area (TPSA) is 47.6 Å². The molecule has 5 heteroatoms. The summed E-state index contributed by atoms with van der Waals surface area (Å²) in [5.41, 5.74) is 1.26. The van der Waals surface area contributed by atoms with E-state index in [1.165, 1.54) is 7.11 Å². The van der Waals surface area contributed by atoms with E-state index >= 15 is 0 Å². The van der Waals surface area contributed by atoms with E-state index in [1.807, 2.05) is 0 Å². The van der Waals surface area contributed by atoms with Gasteiger partial charge in [-0.25, -0.2) is 4.79 Å². The van der Waals surface area contributed by atoms with Crippen LogP contribution in [0.2, 0.25) is 5.02 Å². The smallest absolute Gasteiger partial charge is 0.337 e. The number of carbonyl (C=O) groups is 1. The summed E-state index contributed by atoms with van der Waals surface area (Å²) in [6, 6.07) is 5.41. The van der Waals surface area contributed by atoms with Crippen LogP contribution in [0.1, 0.15) is 30.1 Å². The number of methoxy groups -OCH3 is 1. The first kappa shape index (κ1) is 14.2. The number of halogens is 1. The molecular weight excluding hydrogens is 266 g/mol. The van der Waals surface area contributed by atoms with Gasteiger partial charge in [0.05, 0.1) is 29.5 Å². The number of rotatable bonds is 3. The highest BCUT2D eigenvalue weighted by molar-refractivity contribution is 6.33. The van der Waals surface area contributed by atoms with Crippen LogP contribution in [0.25, 0.3) is 0 Å². The normalized spacial score (nSPS) is 22.9. The molecule has 1 aromatic carbocycles. The van der Waals surface area contributed by atoms with E-state index < -0.39 is 0 Å². The average molecular weight is 284 g/mol. The predicted molar refractivity (Wildman–Crippen MR) is 74.9 cm³/mol. The van der Waals surface area contributed by atoms with Crippen LogP contribution in [0.15, 0.2) is 18.2 Å². The Labute approximate surface area is 118 Å². The van der Waals surface area contributed by atoms with Crippen molar-refractivity contribution in [2.75, 3.05) is 19.0 Å². The van der Waals surface area contributed by atoms with Gasteiger partial charge in [0.2, 0.25) is 0 Å². The average Bonchev–Trinajstić information content (AvgIpc) is 2.40. The quantitative estimate of drug-likeness (QED) is 0.866. The summed E-state index contributed by atoms with van der Waals surface area (Å²) < 4.78 is 10.2. The van der Waals surface area contributed by atoms with Crippen LogP contribution in [0.5, 0.6) is 0 Å². The van der Waals surface area contributed by atoms with Gasteiger partial charge in [0, 0.05) is 12.6 Å². The molecule has 1 fully saturated rings. The Morgan fingerprint density at radius 3 is 3.00 bits per heavy atom. The number of hydrogen-bond donors (Lipinski definition) is 1. The Kier molecular flexibility index (Phi) is 4.66. The molecule has 1 aliphatic rings. The van der Waals surface area contributed by atoms with Crippen LogP contribution in [-0.2, 0) is 9.47 Å². The lowest BCUT2D eigenvalue weighted by Gasteiger charge is -2.29. The lowest BCUT2D eigenvalue weighted by Crippen LogP contribution is -2.32. The summed E-state index contributed by atoms with van der Waals surface area (Å²) in [4.78, 5) is 11.5. The third kappa shape index (κ3) is 3.61. The maximum Gasteiger partial charge on any atom is 0.337 e. The maximum absolute atomic E-state index is 11.5. The molecule has 1 heterocycles. The van der Waals surface area contributed by atoms with Crippen molar-refractivity contribution < 1.29 is 14.3 Å². The third-order valence-electron chi connectivity index (χ3n) is 3.23. The summed E-state index contributed by atoms with van der Waals surface area (Å²) in [5.74, 6) is -0.361. The molecule has 104 valence electrons. The minimum Gasteiger partial charge on any atom is -0.465 e. The largest absolute Gasteiger partial charge is 0.465 e. The standard InChI is InChI=1S/C14H18ClNO3/c1-9-7-11(5-6-19-9)16-13-8-10(14(17)18-2)3-4-12(13)15/h3-4,8-9,11,16H,5-7H2,1-2H3. The highest BCUT2D eigenvalue weighted by Gasteiger charge is 2.20. The van der Waals surface area contributed by atoms with Gasteiger partial charge in [0.1, 0.15) is 0 Å². The molecule has 4 nitrogen and oxygen atoms in total. The lowest BCUT2D eigenvalue weighted by atomic mass is 10.0. The molecule has 0 spiro atoms. The second kappa shape index (κ2) is 6.26. The molecule has 0 aromatic heterocycles. The molecule has 0 bridgehead atoms. The minimum absolute atomic E-state index is 0.244. The van der Waals surface area contributed by atoms with E-state index in [1.54, 1.807) is 18.2 Å². The molecule has 1 aromatic rings. The third-order valence-corrected chi connectivity index (χ3v) is 3.56. The maximum atomic E-state index is 11.5. The van der Waals surface area contributed by atoms with Crippen LogP contribution >= 0.6 is 11.6 Å². The van der Waals surface area contributed by atoms with Crippen LogP contribution in [0.4, 0.5) is 5.69 Å². The van der Waals surface area contributed by atoms with Crippen LogP contribution in [0, 0.1) is 0 Å². The molecule has 0 radical (unpaired) electrons. The number of ether oxygens (including phenoxy) is 2. The Morgan fingerprint density at radius 1 is 1.53 bits per heavy atom. The first-order valence-electron chi connectivity index (χ1n) is 6.36. The molecule has 1 N–H and O–H groups in total. The summed E-state index contributed by atoms with van der Waals surface area (Å²) in [7, 11) is 1.37. The van der Waals surface area contributed by atoms with Crippen molar-refractivity contribution in [1.82, 2.24) is 0 Å². The van der Waals surface area contributed by atoms with Gasteiger partial charge in [0.25, 0.3) is 0 Å². The SMILES string of the molecule is COC(=O)c1ccc(Cl)c(NC2CCOC(C)C2)c1. The van der Waals surface area contributed by atoms with Crippen molar-refractivity contribution >= 4 is 23.3 Å². The molecule has 1 aliphatic heterocycles. The van der Waals surface area contributed by atoms with E-state index in [0.29, 0.717) is 16.6 Å². The zero-order chi connectivity index (χ0) is 13.8. The summed E-state index contributed by atoms with van der Waals surface area (Å²) >= 11 is 6.15. The van der Waals surface area contributed by atoms with Gasteiger partial charge in [-0.2, -0.15) is 0 Å². The monoisotopic (exact) mass is 283 g/mol. The Hall–Kier alpha value is -1.26. The molecule has 2 rings (SSSR count). The number of carbonyl (C=O) groups excluding carboxylic acids is 1. The van der Waals surface area contributed by atoms with Crippen LogP contribution in [0.3, 0.4) is 0 Å². The Bertz CT molecular complexity index is 464. The fourth-order valence-corrected chi connectivity index (χ4v) is 2.40. The van der Waals surface area contributed by atoms with Gasteiger partial charge >= 0.3 is 5.97 Å². The molecule has 1 saturated heterocycles. The lowest BCUT2D eigenvalue weighted by molar-refractivity contribution is 0.0232. The zero-order valence-corrected chi connectivity index (χ0v) is 11.9. The Balaban J connectivity index is 2.12. The number of hydrogen-bond acceptors (Lipinski definition) is 4. The van der Waals surface area contributed by atoms with Gasteiger partial charge in [-0.3, -0.25) is 0 Å². The fraction of sp³-hybridized carbons (Fsp3) is 0.500. The van der Waals surface area contributed by atoms with Crippen molar-refractivity contribution in [3.63, 3.8) is 0 Å². The summed E-state index contributed by atoms with van der Waals surface area (Å²) in [5, 5.41) is 3.98. The molecule has 0 saturated carbocycles. The van der Waals surface area contributed by atoms with Crippen molar-refractivity contribution in [3.8, 4) is 0 Å². The molecular formula is C14H18ClNO3. The van der Waals surface area contributed by atoms with Crippen molar-refractivity contribution in [2.45, 2.75) is 31.9 Å². The van der Waals surface area contributed by atoms with Crippen molar-refractivity contribution in [3.05, 3.63) is 28.8 Å². The van der Waals surface area contributed by atoms with E-state index in [2.05, 4.69) is 12.2 Å². The number of benzene rings is 1. The predicted octanol–water partition coefficient (Wildman–Crippen LogP) is 3.11. The van der Waals surface area contributed by atoms with Crippen LogP contribution in [-0.4, -0.2) is 31.8 Å². The van der Waals surface area contributed by atoms with Gasteiger partial charge in [-0.05, 0) is 38.0 Å². The summed E-state index contributed by atoms with van der Waals surface area (Å²) in [6.45, 7) is 2.80. The van der Waals surface area contributed by atoms with E-state index in [9.17, 15) is 4.79 Å². The zero-order valence-electron chi connectivity index (χ0n) is 11.1. The highest BCUT2D eigenvalue weighted by atomic mass is 35.5. The molecule has 0 aliphatic carbocycles. The second-order valence-electron chi connectivity index (χ2n) is 4.73. The first-order valence-corrected chi connectivity index (χ1v) is 6.74. The fourth-order valence-electron chi connectivity index (χ4n) is 2.23. The number of anilines is 1. The van der Waals surface area contributed by atoms with Gasteiger partial charge < -0.3 is 14.8 Å². The second-order valence-corrected chi connectivity index (χ2v) is 5.14. The van der Waals surface area contributed by atoms with E-state index in [0.717, 1.165) is 25.1 Å². The summed E-state index contributed by atoms with van der Waals surface area (Å²) in [6.07, 6.45) is 2.11. The first-order chi connectivity index (χ1) is 9.10. The van der Waals surface area contributed by atoms with Gasteiger partial charge in [0.15, 0.2) is 0 Å². The van der Waals surface area contributed by atoms with Gasteiger partial charge in [-0.15, -0.1) is 0 Å². The minimum atomic E-state index is -0.361. The van der Waals surface area contributed by atoms with Gasteiger partial charge in [-0.1, -0.05) is 11.6 Å². The van der Waals surface area contributed by atoms with E-state index in [4.69, 9.17) is 21.1 Å². The Morgan fingerprint density at radius 2 is 2.32 bits per heavy atom. The number of nitrogens with one attached hydrogen (secondary N) is 1. The molecule has 0 amide bonds.